The van der Waals surface area contributed by atoms with Crippen molar-refractivity contribution in [3.05, 3.63) is 0 Å². The lowest BCUT2D eigenvalue weighted by molar-refractivity contribution is -0.151. The van der Waals surface area contributed by atoms with Crippen LogP contribution in [-0.2, 0) is 9.53 Å². The van der Waals surface area contributed by atoms with Crippen LogP contribution in [0.4, 0.5) is 0 Å². The molecule has 1 fully saturated rings. The van der Waals surface area contributed by atoms with E-state index < -0.39 is 5.54 Å². The van der Waals surface area contributed by atoms with Crippen LogP contribution in [-0.4, -0.2) is 24.2 Å². The summed E-state index contributed by atoms with van der Waals surface area (Å²) in [6.07, 6.45) is 4.12. The van der Waals surface area contributed by atoms with Gasteiger partial charge in [0.15, 0.2) is 0 Å². The Kier molecular flexibility index (Phi) is 5.43. The van der Waals surface area contributed by atoms with E-state index in [4.69, 9.17) is 4.74 Å². The lowest BCUT2D eigenvalue weighted by Gasteiger charge is -2.31. The Balaban J connectivity index is 2.76. The summed E-state index contributed by atoms with van der Waals surface area (Å²) < 4.78 is 5.31. The third kappa shape index (κ3) is 4.79. The van der Waals surface area contributed by atoms with Crippen molar-refractivity contribution >= 4 is 5.97 Å². The van der Waals surface area contributed by atoms with E-state index in [0.717, 1.165) is 19.3 Å². The molecule has 3 heteroatoms. The smallest absolute Gasteiger partial charge is 0.326 e. The highest BCUT2D eigenvalue weighted by atomic mass is 16.5. The molecular formula is C16H31NO2. The summed E-state index contributed by atoms with van der Waals surface area (Å²) in [7, 11) is 0. The third-order valence-corrected chi connectivity index (χ3v) is 3.75. The van der Waals surface area contributed by atoms with Crippen molar-refractivity contribution in [2.45, 2.75) is 78.8 Å². The Hall–Kier alpha value is -0.570. The first kappa shape index (κ1) is 16.5. The van der Waals surface area contributed by atoms with Gasteiger partial charge in [0, 0.05) is 6.04 Å². The predicted molar refractivity (Wildman–Crippen MR) is 79.0 cm³/mol. The molecule has 3 nitrogen and oxygen atoms in total. The Morgan fingerprint density at radius 1 is 1.42 bits per heavy atom. The minimum atomic E-state index is -0.444. The topological polar surface area (TPSA) is 38.3 Å². The van der Waals surface area contributed by atoms with Crippen LogP contribution < -0.4 is 5.32 Å². The molecule has 1 rings (SSSR count). The van der Waals surface area contributed by atoms with Crippen molar-refractivity contribution in [2.24, 2.45) is 11.3 Å². The van der Waals surface area contributed by atoms with Crippen LogP contribution >= 0.6 is 0 Å². The maximum absolute atomic E-state index is 12.3. The Labute approximate surface area is 118 Å². The molecule has 0 radical (unpaired) electrons. The second kappa shape index (κ2) is 6.25. The highest BCUT2D eigenvalue weighted by Gasteiger charge is 2.47. The van der Waals surface area contributed by atoms with Crippen LogP contribution in [0.3, 0.4) is 0 Å². The molecule has 19 heavy (non-hydrogen) atoms. The van der Waals surface area contributed by atoms with Crippen molar-refractivity contribution in [3.63, 3.8) is 0 Å². The van der Waals surface area contributed by atoms with Gasteiger partial charge in [-0.15, -0.1) is 0 Å². The van der Waals surface area contributed by atoms with Gasteiger partial charge in [0.05, 0.1) is 6.61 Å². The zero-order valence-corrected chi connectivity index (χ0v) is 13.5. The molecule has 1 aliphatic rings. The average molecular weight is 269 g/mol. The van der Waals surface area contributed by atoms with Gasteiger partial charge in [0.25, 0.3) is 0 Å². The molecule has 0 heterocycles. The molecule has 0 aliphatic heterocycles. The van der Waals surface area contributed by atoms with Crippen LogP contribution in [0.15, 0.2) is 0 Å². The zero-order valence-electron chi connectivity index (χ0n) is 13.5. The van der Waals surface area contributed by atoms with Crippen LogP contribution in [0.1, 0.15) is 67.2 Å². The quantitative estimate of drug-likeness (QED) is 0.776. The van der Waals surface area contributed by atoms with Crippen molar-refractivity contribution in [1.82, 2.24) is 5.32 Å². The lowest BCUT2D eigenvalue weighted by atomic mass is 9.83. The minimum Gasteiger partial charge on any atom is -0.465 e. The Morgan fingerprint density at radius 2 is 2.05 bits per heavy atom. The maximum atomic E-state index is 12.3. The van der Waals surface area contributed by atoms with Gasteiger partial charge in [-0.2, -0.15) is 0 Å². The molecular weight excluding hydrogens is 238 g/mol. The molecule has 0 aromatic rings. The van der Waals surface area contributed by atoms with Gasteiger partial charge < -0.3 is 4.74 Å². The number of carbonyl (C=O) groups excluding carboxylic acids is 1. The summed E-state index contributed by atoms with van der Waals surface area (Å²) in [5.74, 6) is 0.566. The summed E-state index contributed by atoms with van der Waals surface area (Å²) in [4.78, 5) is 12.3. The summed E-state index contributed by atoms with van der Waals surface area (Å²) in [5, 5.41) is 3.48. The van der Waals surface area contributed by atoms with Crippen LogP contribution in [0.2, 0.25) is 0 Å². The third-order valence-electron chi connectivity index (χ3n) is 3.75. The zero-order chi connectivity index (χ0) is 14.7. The van der Waals surface area contributed by atoms with Crippen LogP contribution in [0.25, 0.3) is 0 Å². The van der Waals surface area contributed by atoms with Crippen molar-refractivity contribution in [3.8, 4) is 0 Å². The normalized spacial score (nSPS) is 27.8. The molecule has 0 saturated heterocycles. The van der Waals surface area contributed by atoms with Crippen molar-refractivity contribution in [2.75, 3.05) is 6.61 Å². The summed E-state index contributed by atoms with van der Waals surface area (Å²) >= 11 is 0. The van der Waals surface area contributed by atoms with E-state index in [1.807, 2.05) is 6.92 Å². The van der Waals surface area contributed by atoms with Gasteiger partial charge in [-0.1, -0.05) is 20.8 Å². The van der Waals surface area contributed by atoms with E-state index in [9.17, 15) is 4.79 Å². The maximum Gasteiger partial charge on any atom is 0.326 e. The van der Waals surface area contributed by atoms with Crippen molar-refractivity contribution < 1.29 is 9.53 Å². The van der Waals surface area contributed by atoms with Gasteiger partial charge >= 0.3 is 5.97 Å². The fraction of sp³-hybridized carbons (Fsp3) is 0.938. The number of hydrogen-bond donors (Lipinski definition) is 1. The number of nitrogens with one attached hydrogen (secondary N) is 1. The molecule has 0 spiro atoms. The summed E-state index contributed by atoms with van der Waals surface area (Å²) in [6.45, 7) is 13.3. The van der Waals surface area contributed by atoms with E-state index in [1.54, 1.807) is 0 Å². The van der Waals surface area contributed by atoms with E-state index in [1.165, 1.54) is 6.42 Å². The van der Waals surface area contributed by atoms with Gasteiger partial charge in [0.1, 0.15) is 5.54 Å². The number of esters is 1. The highest BCUT2D eigenvalue weighted by Crippen LogP contribution is 2.41. The van der Waals surface area contributed by atoms with Gasteiger partial charge in [-0.05, 0) is 57.8 Å². The van der Waals surface area contributed by atoms with Gasteiger partial charge in [0.2, 0.25) is 0 Å². The SMILES string of the molecule is CCOC(=O)C1(NC(C)C)CCC(CC(C)(C)C)C1. The Bertz CT molecular complexity index is 306. The lowest BCUT2D eigenvalue weighted by Crippen LogP contribution is -2.53. The number of ether oxygens (including phenoxy) is 1. The number of carbonyl (C=O) groups is 1. The second-order valence-electron chi connectivity index (χ2n) is 7.48. The first-order valence-electron chi connectivity index (χ1n) is 7.63. The molecule has 112 valence electrons. The number of rotatable bonds is 5. The van der Waals surface area contributed by atoms with Crippen molar-refractivity contribution in [1.29, 1.82) is 0 Å². The van der Waals surface area contributed by atoms with E-state index in [2.05, 4.69) is 39.9 Å². The molecule has 2 unspecified atom stereocenters. The van der Waals surface area contributed by atoms with E-state index >= 15 is 0 Å². The molecule has 1 N–H and O–H groups in total. The standard InChI is InChI=1S/C16H31NO2/c1-7-19-14(18)16(17-12(2)3)9-8-13(11-16)10-15(4,5)6/h12-13,17H,7-11H2,1-6H3. The summed E-state index contributed by atoms with van der Waals surface area (Å²) in [6, 6.07) is 0.304. The first-order valence-corrected chi connectivity index (χ1v) is 7.63. The molecule has 1 saturated carbocycles. The van der Waals surface area contributed by atoms with Crippen LogP contribution in [0.5, 0.6) is 0 Å². The molecule has 0 bridgehead atoms. The fourth-order valence-electron chi connectivity index (χ4n) is 3.38. The van der Waals surface area contributed by atoms with Gasteiger partial charge in [-0.3, -0.25) is 10.1 Å². The second-order valence-corrected chi connectivity index (χ2v) is 7.48. The molecule has 0 amide bonds. The average Bonchev–Trinajstić information content (AvgIpc) is 2.59. The minimum absolute atomic E-state index is 0.0555. The molecule has 0 aromatic heterocycles. The fourth-order valence-corrected chi connectivity index (χ4v) is 3.38. The van der Waals surface area contributed by atoms with Crippen LogP contribution in [0, 0.1) is 11.3 Å². The molecule has 2 atom stereocenters. The predicted octanol–water partition coefficient (Wildman–Crippen LogP) is 3.52. The highest BCUT2D eigenvalue weighted by molar-refractivity contribution is 5.81. The van der Waals surface area contributed by atoms with Gasteiger partial charge in [-0.25, -0.2) is 0 Å². The molecule has 0 aromatic carbocycles. The summed E-state index contributed by atoms with van der Waals surface area (Å²) in [5.41, 5.74) is -0.118. The van der Waals surface area contributed by atoms with E-state index in [0.29, 0.717) is 24.0 Å². The molecule has 1 aliphatic carbocycles. The van der Waals surface area contributed by atoms with E-state index in [-0.39, 0.29) is 5.97 Å². The largest absolute Gasteiger partial charge is 0.465 e. The number of hydrogen-bond acceptors (Lipinski definition) is 3. The first-order chi connectivity index (χ1) is 8.68. The Morgan fingerprint density at radius 3 is 2.53 bits per heavy atom. The monoisotopic (exact) mass is 269 g/mol.